The first-order valence-electron chi connectivity index (χ1n) is 5.50. The van der Waals surface area contributed by atoms with Crippen molar-refractivity contribution in [2.24, 2.45) is 11.8 Å². The van der Waals surface area contributed by atoms with Crippen molar-refractivity contribution in [1.29, 1.82) is 0 Å². The lowest BCUT2D eigenvalue weighted by Gasteiger charge is -2.08. The van der Waals surface area contributed by atoms with Gasteiger partial charge in [0.15, 0.2) is 0 Å². The molecule has 4 heteroatoms. The second-order valence-corrected chi connectivity index (χ2v) is 4.47. The van der Waals surface area contributed by atoms with Crippen LogP contribution in [0, 0.1) is 12.8 Å². The van der Waals surface area contributed by atoms with Crippen LogP contribution >= 0.6 is 0 Å². The van der Waals surface area contributed by atoms with Crippen LogP contribution in [0.1, 0.15) is 29.3 Å². The molecule has 16 heavy (non-hydrogen) atoms. The monoisotopic (exact) mass is 219 g/mol. The number of carbonyl (C=O) groups is 1. The molecule has 0 aromatic heterocycles. The number of aryl methyl sites for hydroxylation is 1. The summed E-state index contributed by atoms with van der Waals surface area (Å²) in [6.45, 7) is 4.05. The van der Waals surface area contributed by atoms with Crippen molar-refractivity contribution in [3.05, 3.63) is 29.3 Å². The summed E-state index contributed by atoms with van der Waals surface area (Å²) in [5, 5.41) is 3.01. The van der Waals surface area contributed by atoms with Gasteiger partial charge in [0.2, 0.25) is 0 Å². The lowest BCUT2D eigenvalue weighted by molar-refractivity contribution is 0.0949. The molecule has 86 valence electrons. The smallest absolute Gasteiger partial charge is 0.251 e. The van der Waals surface area contributed by atoms with Crippen molar-refractivity contribution in [3.8, 4) is 0 Å². The van der Waals surface area contributed by atoms with E-state index >= 15 is 0 Å². The fraction of sp³-hybridized carbons (Fsp3) is 0.417. The quantitative estimate of drug-likeness (QED) is 0.532. The van der Waals surface area contributed by atoms with Crippen molar-refractivity contribution in [3.63, 3.8) is 0 Å². The Morgan fingerprint density at radius 2 is 2.19 bits per heavy atom. The van der Waals surface area contributed by atoms with Crippen LogP contribution in [0.4, 0.5) is 5.69 Å². The fourth-order valence-electron chi connectivity index (χ4n) is 1.78. The Hall–Kier alpha value is -1.55. The molecule has 0 radical (unpaired) electrons. The first kappa shape index (κ1) is 11.0. The van der Waals surface area contributed by atoms with Gasteiger partial charge in [-0.25, -0.2) is 0 Å². The molecule has 0 bridgehead atoms. The number of rotatable bonds is 3. The minimum Gasteiger partial charge on any atom is -0.349 e. The third-order valence-corrected chi connectivity index (χ3v) is 3.06. The number of benzene rings is 1. The lowest BCUT2D eigenvalue weighted by Crippen LogP contribution is -2.27. The maximum Gasteiger partial charge on any atom is 0.251 e. The Morgan fingerprint density at radius 1 is 1.50 bits per heavy atom. The zero-order valence-electron chi connectivity index (χ0n) is 9.58. The predicted octanol–water partition coefficient (Wildman–Crippen LogP) is 1.42. The maximum absolute atomic E-state index is 11.9. The molecule has 4 N–H and O–H groups in total. The SMILES string of the molecule is Cc1cc(NN)ccc1C(=O)NC1CC1C. The Morgan fingerprint density at radius 3 is 2.69 bits per heavy atom. The van der Waals surface area contributed by atoms with Crippen LogP contribution in [-0.4, -0.2) is 11.9 Å². The van der Waals surface area contributed by atoms with E-state index in [2.05, 4.69) is 17.7 Å². The van der Waals surface area contributed by atoms with Gasteiger partial charge < -0.3 is 10.7 Å². The van der Waals surface area contributed by atoms with Gasteiger partial charge in [-0.1, -0.05) is 6.92 Å². The molecule has 1 aromatic carbocycles. The summed E-state index contributed by atoms with van der Waals surface area (Å²) < 4.78 is 0. The average Bonchev–Trinajstić information content (AvgIpc) is 2.93. The number of carbonyl (C=O) groups excluding carboxylic acids is 1. The van der Waals surface area contributed by atoms with Crippen molar-refractivity contribution in [1.82, 2.24) is 5.32 Å². The molecule has 1 saturated carbocycles. The standard InChI is InChI=1S/C12H17N3O/c1-7-5-9(15-13)3-4-10(7)12(16)14-11-6-8(11)2/h3-5,8,11,15H,6,13H2,1-2H3,(H,14,16). The molecule has 2 unspecified atom stereocenters. The molecule has 4 nitrogen and oxygen atoms in total. The number of nitrogen functional groups attached to an aromatic ring is 1. The first-order chi connectivity index (χ1) is 7.61. The minimum absolute atomic E-state index is 0.00965. The molecule has 2 rings (SSSR count). The van der Waals surface area contributed by atoms with Gasteiger partial charge >= 0.3 is 0 Å². The molecule has 1 fully saturated rings. The van der Waals surface area contributed by atoms with Gasteiger partial charge in [-0.2, -0.15) is 0 Å². The number of nitrogens with two attached hydrogens (primary N) is 1. The zero-order valence-corrected chi connectivity index (χ0v) is 9.58. The summed E-state index contributed by atoms with van der Waals surface area (Å²) in [5.41, 5.74) is 5.03. The lowest BCUT2D eigenvalue weighted by atomic mass is 10.1. The maximum atomic E-state index is 11.9. The molecule has 0 saturated heterocycles. The number of anilines is 1. The highest BCUT2D eigenvalue weighted by molar-refractivity contribution is 5.96. The van der Waals surface area contributed by atoms with E-state index in [1.165, 1.54) is 0 Å². The predicted molar refractivity (Wildman–Crippen MR) is 64.0 cm³/mol. The molecule has 1 aliphatic rings. The Kier molecular flexibility index (Phi) is 2.83. The second-order valence-electron chi connectivity index (χ2n) is 4.47. The molecule has 1 aliphatic carbocycles. The van der Waals surface area contributed by atoms with Gasteiger partial charge in [0.05, 0.1) is 0 Å². The molecular weight excluding hydrogens is 202 g/mol. The van der Waals surface area contributed by atoms with E-state index in [0.29, 0.717) is 12.0 Å². The number of hydrogen-bond donors (Lipinski definition) is 3. The molecule has 1 aromatic rings. The van der Waals surface area contributed by atoms with Crippen LogP contribution in [0.5, 0.6) is 0 Å². The summed E-state index contributed by atoms with van der Waals surface area (Å²) in [6, 6.07) is 5.83. The summed E-state index contributed by atoms with van der Waals surface area (Å²) in [6.07, 6.45) is 1.09. The van der Waals surface area contributed by atoms with Crippen molar-refractivity contribution in [2.75, 3.05) is 5.43 Å². The highest BCUT2D eigenvalue weighted by Gasteiger charge is 2.34. The zero-order chi connectivity index (χ0) is 11.7. The highest BCUT2D eigenvalue weighted by atomic mass is 16.1. The van der Waals surface area contributed by atoms with E-state index in [1.54, 1.807) is 12.1 Å². The third kappa shape index (κ3) is 2.17. The largest absolute Gasteiger partial charge is 0.349 e. The molecule has 0 aliphatic heterocycles. The Balaban J connectivity index is 2.10. The van der Waals surface area contributed by atoms with E-state index in [1.807, 2.05) is 13.0 Å². The topological polar surface area (TPSA) is 67.1 Å². The molecular formula is C12H17N3O. The van der Waals surface area contributed by atoms with E-state index in [-0.39, 0.29) is 5.91 Å². The van der Waals surface area contributed by atoms with E-state index in [9.17, 15) is 4.79 Å². The van der Waals surface area contributed by atoms with Crippen molar-refractivity contribution in [2.45, 2.75) is 26.3 Å². The number of nitrogens with one attached hydrogen (secondary N) is 2. The van der Waals surface area contributed by atoms with Crippen LogP contribution < -0.4 is 16.6 Å². The van der Waals surface area contributed by atoms with Crippen LogP contribution in [0.3, 0.4) is 0 Å². The normalized spacial score (nSPS) is 22.7. The molecule has 1 amide bonds. The Labute approximate surface area is 95.2 Å². The Bertz CT molecular complexity index is 417. The van der Waals surface area contributed by atoms with Gasteiger partial charge in [0.1, 0.15) is 0 Å². The van der Waals surface area contributed by atoms with E-state index in [4.69, 9.17) is 5.84 Å². The van der Waals surface area contributed by atoms with Crippen molar-refractivity contribution < 1.29 is 4.79 Å². The van der Waals surface area contributed by atoms with Gasteiger partial charge in [0, 0.05) is 17.3 Å². The van der Waals surface area contributed by atoms with Crippen LogP contribution in [0.2, 0.25) is 0 Å². The number of hydrogen-bond acceptors (Lipinski definition) is 3. The van der Waals surface area contributed by atoms with Gasteiger partial charge in [-0.3, -0.25) is 10.6 Å². The average molecular weight is 219 g/mol. The van der Waals surface area contributed by atoms with Crippen LogP contribution in [0.15, 0.2) is 18.2 Å². The third-order valence-electron chi connectivity index (χ3n) is 3.06. The van der Waals surface area contributed by atoms with Crippen molar-refractivity contribution >= 4 is 11.6 Å². The number of amides is 1. The first-order valence-corrected chi connectivity index (χ1v) is 5.50. The molecule has 0 spiro atoms. The van der Waals surface area contributed by atoms with Gasteiger partial charge in [-0.15, -0.1) is 0 Å². The number of hydrazine groups is 1. The van der Waals surface area contributed by atoms with E-state index in [0.717, 1.165) is 23.2 Å². The fourth-order valence-corrected chi connectivity index (χ4v) is 1.78. The highest BCUT2D eigenvalue weighted by Crippen LogP contribution is 2.29. The van der Waals surface area contributed by atoms with Gasteiger partial charge in [-0.05, 0) is 43.0 Å². The summed E-state index contributed by atoms with van der Waals surface area (Å²) in [4.78, 5) is 11.9. The molecule has 2 atom stereocenters. The van der Waals surface area contributed by atoms with Crippen LogP contribution in [0.25, 0.3) is 0 Å². The summed E-state index contributed by atoms with van der Waals surface area (Å²) >= 11 is 0. The van der Waals surface area contributed by atoms with E-state index < -0.39 is 0 Å². The summed E-state index contributed by atoms with van der Waals surface area (Å²) in [7, 11) is 0. The minimum atomic E-state index is 0.00965. The molecule has 0 heterocycles. The van der Waals surface area contributed by atoms with Crippen LogP contribution in [-0.2, 0) is 0 Å². The summed E-state index contributed by atoms with van der Waals surface area (Å²) in [5.74, 6) is 5.93. The van der Waals surface area contributed by atoms with Gasteiger partial charge in [0.25, 0.3) is 5.91 Å². The second kappa shape index (κ2) is 4.14.